The molecule has 5 N–H and O–H groups in total. The van der Waals surface area contributed by atoms with E-state index in [1.54, 1.807) is 13.0 Å². The molecule has 2 aromatic carbocycles. The molecule has 0 spiro atoms. The first-order valence-corrected chi connectivity index (χ1v) is 10.2. The Bertz CT molecular complexity index is 1050. The lowest BCUT2D eigenvalue weighted by molar-refractivity contribution is -0.147. The van der Waals surface area contributed by atoms with Gasteiger partial charge in [0, 0.05) is 23.4 Å². The highest BCUT2D eigenvalue weighted by atomic mass is 19.4. The van der Waals surface area contributed by atoms with Crippen LogP contribution in [0.25, 0.3) is 0 Å². The van der Waals surface area contributed by atoms with E-state index in [1.165, 1.54) is 19.1 Å². The van der Waals surface area contributed by atoms with Crippen molar-refractivity contribution in [2.75, 3.05) is 10.6 Å². The molecule has 35 heavy (non-hydrogen) atoms. The summed E-state index contributed by atoms with van der Waals surface area (Å²) in [6, 6.07) is 8.36. The molecule has 2 amide bonds. The summed E-state index contributed by atoms with van der Waals surface area (Å²) in [5.41, 5.74) is 0.355. The van der Waals surface area contributed by atoms with Crippen LogP contribution in [0.3, 0.4) is 0 Å². The quantitative estimate of drug-likeness (QED) is 0.369. The smallest absolute Gasteiger partial charge is 0.416 e. The molecule has 0 radical (unpaired) electrons. The van der Waals surface area contributed by atoms with Crippen molar-refractivity contribution in [2.24, 2.45) is 5.92 Å². The van der Waals surface area contributed by atoms with Crippen LogP contribution >= 0.6 is 0 Å². The SMILES string of the molecule is CC(CC(=O)O)C(=O)O.CCC(=O)Nc1cc(CO)cc(NC(=O)c2ccc(C(F)(F)F)cc2)c1. The summed E-state index contributed by atoms with van der Waals surface area (Å²) in [7, 11) is 0. The van der Waals surface area contributed by atoms with Gasteiger partial charge in [0.15, 0.2) is 0 Å². The standard InChI is InChI=1S/C18H17F3N2O3.C5H8O4/c1-2-16(25)22-14-7-11(10-24)8-15(9-14)23-17(26)12-3-5-13(6-4-12)18(19,20)21;1-3(5(8)9)2-4(6)7/h3-9,24H,2,10H2,1H3,(H,22,25)(H,23,26);3H,2H2,1H3,(H,6,7)(H,8,9). The number of rotatable bonds is 8. The van der Waals surface area contributed by atoms with Crippen molar-refractivity contribution in [3.63, 3.8) is 0 Å². The van der Waals surface area contributed by atoms with Gasteiger partial charge in [-0.1, -0.05) is 13.8 Å². The number of hydrogen-bond donors (Lipinski definition) is 5. The maximum atomic E-state index is 12.6. The number of amides is 2. The minimum Gasteiger partial charge on any atom is -0.481 e. The third kappa shape index (κ3) is 10.3. The largest absolute Gasteiger partial charge is 0.481 e. The third-order valence-corrected chi connectivity index (χ3v) is 4.41. The van der Waals surface area contributed by atoms with Crippen LogP contribution in [0.15, 0.2) is 42.5 Å². The van der Waals surface area contributed by atoms with Gasteiger partial charge in [0.05, 0.1) is 24.5 Å². The highest BCUT2D eigenvalue weighted by Crippen LogP contribution is 2.29. The van der Waals surface area contributed by atoms with Crippen molar-refractivity contribution in [1.82, 2.24) is 0 Å². The number of carbonyl (C=O) groups is 4. The summed E-state index contributed by atoms with van der Waals surface area (Å²) in [5, 5.41) is 30.7. The number of hydrogen-bond acceptors (Lipinski definition) is 5. The molecular formula is C23H25F3N2O7. The highest BCUT2D eigenvalue weighted by molar-refractivity contribution is 6.04. The van der Waals surface area contributed by atoms with Gasteiger partial charge in [-0.25, -0.2) is 0 Å². The van der Waals surface area contributed by atoms with Crippen molar-refractivity contribution in [3.05, 3.63) is 59.2 Å². The highest BCUT2D eigenvalue weighted by Gasteiger charge is 2.30. The first-order chi connectivity index (χ1) is 16.3. The summed E-state index contributed by atoms with van der Waals surface area (Å²) in [6.45, 7) is 2.73. The van der Waals surface area contributed by atoms with Crippen molar-refractivity contribution in [1.29, 1.82) is 0 Å². The third-order valence-electron chi connectivity index (χ3n) is 4.41. The average Bonchev–Trinajstić information content (AvgIpc) is 2.78. The molecule has 0 saturated heterocycles. The number of carboxylic acid groups (broad SMARTS) is 2. The summed E-state index contributed by atoms with van der Waals surface area (Å²) >= 11 is 0. The van der Waals surface area contributed by atoms with Crippen LogP contribution in [-0.2, 0) is 27.2 Å². The molecule has 0 heterocycles. The minimum absolute atomic E-state index is 0.0477. The summed E-state index contributed by atoms with van der Waals surface area (Å²) < 4.78 is 37.7. The lowest BCUT2D eigenvalue weighted by atomic mass is 10.1. The number of aliphatic hydroxyl groups is 1. The molecule has 9 nitrogen and oxygen atoms in total. The molecule has 0 saturated carbocycles. The molecule has 1 unspecified atom stereocenters. The van der Waals surface area contributed by atoms with Crippen molar-refractivity contribution >= 4 is 35.1 Å². The van der Waals surface area contributed by atoms with Crippen molar-refractivity contribution in [3.8, 4) is 0 Å². The molecular weight excluding hydrogens is 473 g/mol. The number of halogens is 3. The number of anilines is 2. The lowest BCUT2D eigenvalue weighted by Gasteiger charge is -2.12. The number of aliphatic hydroxyl groups excluding tert-OH is 1. The number of nitrogens with one attached hydrogen (secondary N) is 2. The fraction of sp³-hybridized carbons (Fsp3) is 0.304. The zero-order valence-electron chi connectivity index (χ0n) is 18.8. The number of carboxylic acids is 2. The number of alkyl halides is 3. The van der Waals surface area contributed by atoms with E-state index in [1.807, 2.05) is 0 Å². The molecule has 190 valence electrons. The molecule has 0 aliphatic carbocycles. The second kappa shape index (κ2) is 13.1. The Hall–Kier alpha value is -3.93. The maximum absolute atomic E-state index is 12.6. The fourth-order valence-electron chi connectivity index (χ4n) is 2.54. The predicted octanol–water partition coefficient (Wildman–Crippen LogP) is 3.98. The summed E-state index contributed by atoms with van der Waals surface area (Å²) in [6.07, 6.45) is -4.53. The van der Waals surface area contributed by atoms with Crippen molar-refractivity contribution in [2.45, 2.75) is 39.5 Å². The van der Waals surface area contributed by atoms with Crippen LogP contribution in [-0.4, -0.2) is 39.1 Å². The lowest BCUT2D eigenvalue weighted by Crippen LogP contribution is -2.14. The van der Waals surface area contributed by atoms with Gasteiger partial charge in [-0.15, -0.1) is 0 Å². The van der Waals surface area contributed by atoms with Gasteiger partial charge in [-0.05, 0) is 48.0 Å². The van der Waals surface area contributed by atoms with E-state index < -0.39 is 35.5 Å². The topological polar surface area (TPSA) is 153 Å². The van der Waals surface area contributed by atoms with E-state index in [9.17, 15) is 37.5 Å². The van der Waals surface area contributed by atoms with Gasteiger partial charge in [0.1, 0.15) is 0 Å². The molecule has 2 rings (SSSR count). The zero-order chi connectivity index (χ0) is 26.8. The number of carbonyl (C=O) groups excluding carboxylic acids is 2. The van der Waals surface area contributed by atoms with Gasteiger partial charge >= 0.3 is 18.1 Å². The molecule has 1 atom stereocenters. The molecule has 0 aliphatic rings. The Morgan fingerprint density at radius 1 is 0.943 bits per heavy atom. The molecule has 0 bridgehead atoms. The first kappa shape index (κ1) is 29.1. The number of benzene rings is 2. The van der Waals surface area contributed by atoms with Gasteiger partial charge in [0.2, 0.25) is 5.91 Å². The van der Waals surface area contributed by atoms with E-state index in [0.717, 1.165) is 24.3 Å². The molecule has 0 fully saturated rings. The van der Waals surface area contributed by atoms with Crippen LogP contribution in [0.2, 0.25) is 0 Å². The van der Waals surface area contributed by atoms with Gasteiger partial charge in [-0.3, -0.25) is 19.2 Å². The minimum atomic E-state index is -4.48. The van der Waals surface area contributed by atoms with Gasteiger partial charge < -0.3 is 26.0 Å². The van der Waals surface area contributed by atoms with E-state index >= 15 is 0 Å². The predicted molar refractivity (Wildman–Crippen MR) is 120 cm³/mol. The van der Waals surface area contributed by atoms with Crippen LogP contribution < -0.4 is 10.6 Å². The Morgan fingerprint density at radius 2 is 1.49 bits per heavy atom. The van der Waals surface area contributed by atoms with E-state index in [-0.39, 0.29) is 30.9 Å². The van der Waals surface area contributed by atoms with Crippen LogP contribution in [0.5, 0.6) is 0 Å². The molecule has 2 aromatic rings. The van der Waals surface area contributed by atoms with Crippen molar-refractivity contribution < 1.29 is 47.7 Å². The normalized spacial score (nSPS) is 11.5. The Kier molecular flexibility index (Phi) is 10.9. The number of aliphatic carboxylic acids is 2. The molecule has 12 heteroatoms. The average molecular weight is 498 g/mol. The monoisotopic (exact) mass is 498 g/mol. The summed E-state index contributed by atoms with van der Waals surface area (Å²) in [5.74, 6) is -3.79. The fourth-order valence-corrected chi connectivity index (χ4v) is 2.54. The van der Waals surface area contributed by atoms with E-state index in [0.29, 0.717) is 16.9 Å². The van der Waals surface area contributed by atoms with Crippen LogP contribution in [0, 0.1) is 5.92 Å². The van der Waals surface area contributed by atoms with E-state index in [4.69, 9.17) is 10.2 Å². The van der Waals surface area contributed by atoms with Gasteiger partial charge in [0.25, 0.3) is 5.91 Å². The first-order valence-electron chi connectivity index (χ1n) is 10.2. The molecule has 0 aliphatic heterocycles. The maximum Gasteiger partial charge on any atom is 0.416 e. The zero-order valence-corrected chi connectivity index (χ0v) is 18.8. The Labute approximate surface area is 198 Å². The Balaban J connectivity index is 0.000000579. The second-order valence-corrected chi connectivity index (χ2v) is 7.34. The van der Waals surface area contributed by atoms with Crippen LogP contribution in [0.1, 0.15) is 48.2 Å². The van der Waals surface area contributed by atoms with E-state index in [2.05, 4.69) is 10.6 Å². The van der Waals surface area contributed by atoms with Crippen LogP contribution in [0.4, 0.5) is 24.5 Å². The Morgan fingerprint density at radius 3 is 1.89 bits per heavy atom. The summed E-state index contributed by atoms with van der Waals surface area (Å²) in [4.78, 5) is 43.5. The second-order valence-electron chi connectivity index (χ2n) is 7.34. The molecule has 0 aromatic heterocycles. The van der Waals surface area contributed by atoms with Gasteiger partial charge in [-0.2, -0.15) is 13.2 Å².